The number of anilines is 1. The number of piperidine rings is 2. The molecule has 5 aromatic carbocycles. The molecule has 0 saturated carbocycles. The molecule has 542 valence electrons. The Hall–Kier alpha value is -9.91. The van der Waals surface area contributed by atoms with Crippen molar-refractivity contribution >= 4 is 58.6 Å². The Morgan fingerprint density at radius 1 is 0.495 bits per heavy atom. The molecule has 7 saturated heterocycles. The Morgan fingerprint density at radius 3 is 1.33 bits per heavy atom. The summed E-state index contributed by atoms with van der Waals surface area (Å²) in [5, 5.41) is 58.3. The summed E-state index contributed by atoms with van der Waals surface area (Å²) in [6.45, 7) is 7.59. The zero-order valence-corrected chi connectivity index (χ0v) is 57.1. The van der Waals surface area contributed by atoms with Crippen molar-refractivity contribution in [3.05, 3.63) is 144 Å². The van der Waals surface area contributed by atoms with Crippen LogP contribution in [-0.4, -0.2) is 213 Å². The van der Waals surface area contributed by atoms with E-state index in [2.05, 4.69) is 31.9 Å². The zero-order chi connectivity index (χ0) is 72.0. The normalized spacial score (nSPS) is 23.7. The number of piperazine rings is 1. The number of hydrogen-bond acceptors (Lipinski definition) is 20. The van der Waals surface area contributed by atoms with Crippen molar-refractivity contribution in [3.63, 3.8) is 0 Å². The van der Waals surface area contributed by atoms with E-state index in [0.717, 1.165) is 76.3 Å². The van der Waals surface area contributed by atoms with Gasteiger partial charge in [-0.05, 0) is 111 Å². The Balaban J connectivity index is 0.000000157. The van der Waals surface area contributed by atoms with Crippen molar-refractivity contribution in [1.29, 1.82) is 21.6 Å². The largest absolute Gasteiger partial charge is 0.497 e. The van der Waals surface area contributed by atoms with Crippen LogP contribution in [0.15, 0.2) is 121 Å². The smallest absolute Gasteiger partial charge is 0.241 e. The van der Waals surface area contributed by atoms with Gasteiger partial charge in [-0.15, -0.1) is 0 Å². The summed E-state index contributed by atoms with van der Waals surface area (Å²) in [6, 6.07) is 34.8. The number of rotatable bonds is 21. The van der Waals surface area contributed by atoms with E-state index in [4.69, 9.17) is 74.0 Å². The minimum absolute atomic E-state index is 0.000429. The van der Waals surface area contributed by atoms with Crippen LogP contribution in [0, 0.1) is 27.6 Å². The molecule has 2 unspecified atom stereocenters. The van der Waals surface area contributed by atoms with E-state index in [-0.39, 0.29) is 120 Å². The fourth-order valence-electron chi connectivity index (χ4n) is 13.2. The van der Waals surface area contributed by atoms with Crippen molar-refractivity contribution in [2.24, 2.45) is 34.6 Å². The molecule has 0 aromatic heterocycles. The van der Waals surface area contributed by atoms with Crippen LogP contribution in [0.2, 0.25) is 0 Å². The highest BCUT2D eigenvalue weighted by molar-refractivity contribution is 5.97. The summed E-state index contributed by atoms with van der Waals surface area (Å²) in [5.41, 5.74) is 30.6. The molecule has 101 heavy (non-hydrogen) atoms. The first-order valence-corrected chi connectivity index (χ1v) is 34.5. The number of nitrogens with two attached hydrogens (primary N) is 5. The minimum Gasteiger partial charge on any atom is -0.497 e. The summed E-state index contributed by atoms with van der Waals surface area (Å²) in [5.74, 6) is 2.95. The standard InChI is InChI=1S/C19H22N4O3.C19H28N4O3.C18H25N5O3.C16H23N5O2/c1-25-14-7-5-13(6-8-14)23-19(24)17-10-16(11-22-17)26-15-4-2-3-12(9-15)18(20)21;20-18(21)13-4-3-6-15(10-13)26-16-11-17(22-12-16)19(25)23-8-2-1-5-14(23)7-9-24;19-16(20)11-3-1-5-13(7-11)26-14-8-15(22-9-14)18(25)23-6-2-4-12(10-23)17(21)24;17-15(18)11-2-1-3-12(8-11)23-13-9-14(20-10-13)16(22)21-6-4-19-5-7-21/h2-9,16-17,22H,10-11H2,1H3,(H3,20,21)(H,23,24);3-4,6,10,14,16-17,22,24H,1-2,5,7-9,11-12H2,(H3,20,21);1,3,5,7,12,14-15,22H,2,4,6,8-10H2,(H3,19,20)(H2,21,24);1-3,8,13-14,19-20H,4-7,9-10H2,(H3,17,18)/t16-,17+;14?,16-,17+;12?,14-,15+;13-,14+/m1111/s1. The molecule has 0 bridgehead atoms. The summed E-state index contributed by atoms with van der Waals surface area (Å²) in [6.07, 6.45) is 7.30. The molecule has 7 heterocycles. The van der Waals surface area contributed by atoms with Gasteiger partial charge >= 0.3 is 0 Å². The third-order valence-electron chi connectivity index (χ3n) is 18.7. The van der Waals surface area contributed by atoms with Gasteiger partial charge in [-0.25, -0.2) is 0 Å². The van der Waals surface area contributed by atoms with E-state index >= 15 is 0 Å². The molecule has 0 radical (unpaired) electrons. The number of aliphatic hydroxyl groups excluding tert-OH is 1. The average molecular weight is 1390 g/mol. The molecule has 5 aromatic rings. The molecule has 10 atom stereocenters. The highest BCUT2D eigenvalue weighted by Gasteiger charge is 2.39. The lowest BCUT2D eigenvalue weighted by atomic mass is 9.97. The lowest BCUT2D eigenvalue weighted by Crippen LogP contribution is -2.51. The van der Waals surface area contributed by atoms with E-state index in [1.54, 1.807) is 96.9 Å². The maximum Gasteiger partial charge on any atom is 0.241 e. The number of nitrogens with one attached hydrogen (secondary N) is 10. The second-order valence-electron chi connectivity index (χ2n) is 26.0. The van der Waals surface area contributed by atoms with E-state index in [1.165, 1.54) is 0 Å². The lowest BCUT2D eigenvalue weighted by molar-refractivity contribution is -0.138. The molecule has 21 N–H and O–H groups in total. The van der Waals surface area contributed by atoms with Crippen LogP contribution in [0.4, 0.5) is 5.69 Å². The van der Waals surface area contributed by atoms with Gasteiger partial charge in [-0.3, -0.25) is 45.6 Å². The van der Waals surface area contributed by atoms with Crippen molar-refractivity contribution in [2.75, 3.05) is 91.0 Å². The fourth-order valence-corrected chi connectivity index (χ4v) is 13.2. The van der Waals surface area contributed by atoms with Crippen LogP contribution in [-0.2, 0) is 24.0 Å². The molecule has 7 aliphatic heterocycles. The molecule has 7 fully saturated rings. The molecule has 29 nitrogen and oxygen atoms in total. The van der Waals surface area contributed by atoms with Gasteiger partial charge in [0.15, 0.2) is 0 Å². The monoisotopic (exact) mass is 1390 g/mol. The first-order chi connectivity index (χ1) is 48.7. The van der Waals surface area contributed by atoms with Crippen molar-refractivity contribution < 1.29 is 52.8 Å². The number of nitrogens with zero attached hydrogens (tertiary/aromatic N) is 3. The minimum atomic E-state index is -0.339. The number of benzene rings is 5. The fraction of sp³-hybridized carbons (Fsp3) is 0.458. The Bertz CT molecular complexity index is 3670. The van der Waals surface area contributed by atoms with E-state index in [0.29, 0.717) is 117 Å². The highest BCUT2D eigenvalue weighted by Crippen LogP contribution is 2.28. The number of ether oxygens (including phenoxy) is 5. The maximum atomic E-state index is 12.9. The van der Waals surface area contributed by atoms with Crippen LogP contribution in [0.1, 0.15) is 86.5 Å². The molecular formula is C72H98N18O11. The summed E-state index contributed by atoms with van der Waals surface area (Å²) in [7, 11) is 1.60. The third-order valence-corrected chi connectivity index (χ3v) is 18.7. The van der Waals surface area contributed by atoms with Gasteiger partial charge < -0.3 is 104 Å². The van der Waals surface area contributed by atoms with Crippen LogP contribution < -0.4 is 84.3 Å². The Morgan fingerprint density at radius 2 is 0.911 bits per heavy atom. The second-order valence-corrected chi connectivity index (χ2v) is 26.0. The zero-order valence-electron chi connectivity index (χ0n) is 57.1. The van der Waals surface area contributed by atoms with Crippen molar-refractivity contribution in [1.82, 2.24) is 41.3 Å². The predicted octanol–water partition coefficient (Wildman–Crippen LogP) is 1.89. The average Bonchev–Trinajstić information content (AvgIpc) is 1.78. The number of amidine groups is 4. The van der Waals surface area contributed by atoms with Gasteiger partial charge in [0.1, 0.15) is 76.5 Å². The Labute approximate surface area is 588 Å². The number of carbonyl (C=O) groups is 5. The van der Waals surface area contributed by atoms with Crippen LogP contribution in [0.25, 0.3) is 0 Å². The highest BCUT2D eigenvalue weighted by atomic mass is 16.5. The van der Waals surface area contributed by atoms with Gasteiger partial charge in [0.25, 0.3) is 0 Å². The van der Waals surface area contributed by atoms with E-state index < -0.39 is 0 Å². The molecule has 0 aliphatic carbocycles. The lowest BCUT2D eigenvalue weighted by Gasteiger charge is -2.37. The van der Waals surface area contributed by atoms with Crippen LogP contribution in [0.3, 0.4) is 0 Å². The second kappa shape index (κ2) is 37.0. The van der Waals surface area contributed by atoms with Gasteiger partial charge in [-0.2, -0.15) is 0 Å². The molecule has 5 amide bonds. The molecule has 12 rings (SSSR count). The van der Waals surface area contributed by atoms with Crippen molar-refractivity contribution in [2.45, 2.75) is 119 Å². The molecular weight excluding hydrogens is 1290 g/mol. The van der Waals surface area contributed by atoms with Gasteiger partial charge in [0.2, 0.25) is 29.5 Å². The first-order valence-electron chi connectivity index (χ1n) is 34.5. The molecule has 29 heteroatoms. The quantitative estimate of drug-likeness (QED) is 0.0368. The third kappa shape index (κ3) is 22.0. The number of primary amides is 1. The Kier molecular flexibility index (Phi) is 27.6. The van der Waals surface area contributed by atoms with Gasteiger partial charge in [0, 0.05) is 138 Å². The number of likely N-dealkylation sites (tertiary alicyclic amines) is 2. The van der Waals surface area contributed by atoms with E-state index in [1.807, 2.05) is 46.2 Å². The van der Waals surface area contributed by atoms with Crippen molar-refractivity contribution in [3.8, 4) is 28.7 Å². The summed E-state index contributed by atoms with van der Waals surface area (Å²) in [4.78, 5) is 67.5. The first kappa shape index (κ1) is 75.3. The number of amides is 5. The molecule has 0 spiro atoms. The SMILES string of the molecule is COc1ccc(NC(=O)[C@@H]2C[C@@H](Oc3cccc(C(=N)N)c3)CN2)cc1.N=C(N)c1cccc(O[C@H]2CN[C@H](C(=O)N3CCCC(C(N)=O)C3)C2)c1.N=C(N)c1cccc(O[C@H]2CN[C@H](C(=O)N3CCCCC3CCO)C2)c1.N=C(N)c1cccc(O[C@H]2CN[C@H](C(=O)N3CCNCC3)C2)c1. The predicted molar refractivity (Wildman–Crippen MR) is 384 cm³/mol. The number of nitrogen functional groups attached to an aromatic ring is 4. The maximum absolute atomic E-state index is 12.9. The van der Waals surface area contributed by atoms with Crippen LogP contribution in [0.5, 0.6) is 28.7 Å². The number of methoxy groups -OCH3 is 1. The van der Waals surface area contributed by atoms with E-state index in [9.17, 15) is 29.1 Å². The number of hydrogen-bond donors (Lipinski definition) is 16. The van der Waals surface area contributed by atoms with Gasteiger partial charge in [-0.1, -0.05) is 48.5 Å². The summed E-state index contributed by atoms with van der Waals surface area (Å²) < 4.78 is 28.9. The topological polar surface area (TPSA) is 459 Å². The van der Waals surface area contributed by atoms with Gasteiger partial charge in [0.05, 0.1) is 37.2 Å². The van der Waals surface area contributed by atoms with Crippen LogP contribution >= 0.6 is 0 Å². The number of aliphatic hydroxyl groups is 1. The number of carbonyl (C=O) groups excluding carboxylic acids is 5. The summed E-state index contributed by atoms with van der Waals surface area (Å²) >= 11 is 0. The molecule has 7 aliphatic rings.